The molecule has 0 fully saturated rings. The van der Waals surface area contributed by atoms with E-state index in [1.165, 1.54) is 14.0 Å². The SMILES string of the molecule is CN=C(N)NCCC[C@H](NC(=O)[C@H](CC(C)C)NC(=O)NNC(=O)[C@H](Cc1ccccc1)NC(=O)[C@@H](NC(=O)[C@H](CC(N)=O)NC(C)=O)[C@@H](C)O)C(=O)N[C@@H](Cc1c[nH]c2ccccc12)C(N)=O. The van der Waals surface area contributed by atoms with Gasteiger partial charge in [0.15, 0.2) is 5.96 Å². The van der Waals surface area contributed by atoms with Crippen LogP contribution in [-0.4, -0.2) is 125 Å². The number of carbonyl (C=O) groups is 9. The number of nitrogens with one attached hydrogen (secondary N) is 10. The van der Waals surface area contributed by atoms with Crippen molar-refractivity contribution in [1.29, 1.82) is 0 Å². The van der Waals surface area contributed by atoms with Crippen LogP contribution in [0.5, 0.6) is 0 Å². The molecule has 370 valence electrons. The summed E-state index contributed by atoms with van der Waals surface area (Å²) >= 11 is 0. The van der Waals surface area contributed by atoms with Crippen LogP contribution in [0.3, 0.4) is 0 Å². The fraction of sp³-hybridized carbons (Fsp3) is 0.455. The van der Waals surface area contributed by atoms with Gasteiger partial charge in [0.25, 0.3) is 5.91 Å². The van der Waals surface area contributed by atoms with Gasteiger partial charge in [0, 0.05) is 50.5 Å². The Hall–Kier alpha value is -7.76. The molecule has 17 N–H and O–H groups in total. The summed E-state index contributed by atoms with van der Waals surface area (Å²) in [4.78, 5) is 124. The van der Waals surface area contributed by atoms with Crippen LogP contribution >= 0.6 is 0 Å². The molecule has 0 saturated heterocycles. The van der Waals surface area contributed by atoms with Crippen molar-refractivity contribution in [1.82, 2.24) is 53.1 Å². The number of H-pyrrole nitrogens is 1. The summed E-state index contributed by atoms with van der Waals surface area (Å²) in [6.07, 6.45) is -0.137. The molecule has 1 aromatic heterocycles. The lowest BCUT2D eigenvalue weighted by Crippen LogP contribution is -2.62. The number of benzene rings is 2. The second kappa shape index (κ2) is 27.0. The number of aliphatic hydroxyl groups excluding tert-OH is 1. The van der Waals surface area contributed by atoms with Gasteiger partial charge in [-0.15, -0.1) is 0 Å². The van der Waals surface area contributed by atoms with E-state index in [9.17, 15) is 48.3 Å². The van der Waals surface area contributed by atoms with Crippen LogP contribution in [0.15, 0.2) is 65.8 Å². The summed E-state index contributed by atoms with van der Waals surface area (Å²) < 4.78 is 0. The monoisotopic (exact) mass is 948 g/mol. The molecule has 2 aromatic carbocycles. The van der Waals surface area contributed by atoms with Crippen LogP contribution in [0.25, 0.3) is 10.9 Å². The zero-order valence-electron chi connectivity index (χ0n) is 38.6. The van der Waals surface area contributed by atoms with Gasteiger partial charge in [-0.25, -0.2) is 10.2 Å². The molecule has 3 aromatic rings. The highest BCUT2D eigenvalue weighted by Gasteiger charge is 2.34. The van der Waals surface area contributed by atoms with Crippen molar-refractivity contribution in [2.45, 2.75) is 109 Å². The van der Waals surface area contributed by atoms with Gasteiger partial charge >= 0.3 is 6.03 Å². The van der Waals surface area contributed by atoms with E-state index in [0.29, 0.717) is 12.0 Å². The number of amides is 10. The molecule has 0 bridgehead atoms. The highest BCUT2D eigenvalue weighted by atomic mass is 16.3. The molecule has 0 aliphatic carbocycles. The topological polar surface area (TPSA) is 388 Å². The number of aromatic nitrogens is 1. The second-order valence-corrected chi connectivity index (χ2v) is 16.4. The number of fused-ring (bicyclic) bond motifs is 1. The maximum atomic E-state index is 13.9. The van der Waals surface area contributed by atoms with Gasteiger partial charge in [-0.05, 0) is 49.3 Å². The summed E-state index contributed by atoms with van der Waals surface area (Å²) in [6, 6.07) is 6.46. The number of urea groups is 1. The van der Waals surface area contributed by atoms with E-state index in [-0.39, 0.29) is 44.1 Å². The number of hydrogen-bond donors (Lipinski definition) is 14. The van der Waals surface area contributed by atoms with Crippen molar-refractivity contribution in [2.75, 3.05) is 13.6 Å². The van der Waals surface area contributed by atoms with Crippen LogP contribution in [0.4, 0.5) is 4.79 Å². The molecular formula is C44H64N14O10. The van der Waals surface area contributed by atoms with Crippen molar-refractivity contribution < 1.29 is 48.3 Å². The number of nitrogens with zero attached hydrogens (tertiary/aromatic N) is 1. The van der Waals surface area contributed by atoms with Crippen LogP contribution < -0.4 is 65.3 Å². The van der Waals surface area contributed by atoms with Crippen molar-refractivity contribution in [3.63, 3.8) is 0 Å². The largest absolute Gasteiger partial charge is 0.391 e. The molecule has 0 saturated carbocycles. The smallest absolute Gasteiger partial charge is 0.334 e. The quantitative estimate of drug-likeness (QED) is 0.0177. The van der Waals surface area contributed by atoms with Crippen LogP contribution in [0, 0.1) is 5.92 Å². The van der Waals surface area contributed by atoms with Crippen molar-refractivity contribution in [3.8, 4) is 0 Å². The minimum absolute atomic E-state index is 0.0482. The number of primary amides is 2. The number of aliphatic imine (C=N–C) groups is 1. The molecule has 0 aliphatic rings. The minimum Gasteiger partial charge on any atom is -0.391 e. The summed E-state index contributed by atoms with van der Waals surface area (Å²) in [7, 11) is 1.49. The summed E-state index contributed by atoms with van der Waals surface area (Å²) in [5.41, 5.74) is 23.2. The van der Waals surface area contributed by atoms with Gasteiger partial charge in [0.2, 0.25) is 41.4 Å². The van der Waals surface area contributed by atoms with Gasteiger partial charge < -0.3 is 64.5 Å². The molecule has 7 atom stereocenters. The predicted octanol–water partition coefficient (Wildman–Crippen LogP) is -2.80. The molecule has 0 spiro atoms. The van der Waals surface area contributed by atoms with Crippen molar-refractivity contribution in [2.24, 2.45) is 28.1 Å². The lowest BCUT2D eigenvalue weighted by Gasteiger charge is -2.27. The highest BCUT2D eigenvalue weighted by molar-refractivity contribution is 5.97. The number of hydrogen-bond acceptors (Lipinski definition) is 11. The number of para-hydroxylation sites is 1. The van der Waals surface area contributed by atoms with E-state index in [1.807, 2.05) is 24.3 Å². The molecule has 10 amide bonds. The standard InChI is InChI=1S/C44H64N14O10/c1-23(2)18-32(39(64)52-30(16-11-17-49-43(47)48-5)38(63)53-31(37(46)62)20-27-22-50-29-15-10-9-14-28(27)29)55-44(68)58-57-41(66)33(19-26-12-7-6-8-13-26)54-42(67)36(24(3)59)56-40(65)34(21-35(45)61)51-25(4)60/h6-10,12-15,22-24,30-34,36,50,59H,11,16-21H2,1-5H3,(H2,45,61)(H2,46,62)(H,51,60)(H,52,64)(H,53,63)(H,54,67)(H,56,65)(H,57,66)(H3,47,48,49)(H2,55,58,68)/t24-,30+,31+,32+,33+,34+,36+/m1/s1. The summed E-state index contributed by atoms with van der Waals surface area (Å²) in [5.74, 6) is -6.96. The average Bonchev–Trinajstić information content (AvgIpc) is 3.69. The Labute approximate surface area is 392 Å². The Balaban J connectivity index is 1.77. The molecule has 1 heterocycles. The lowest BCUT2D eigenvalue weighted by atomic mass is 10.0. The Bertz CT molecular complexity index is 2250. The maximum absolute atomic E-state index is 13.9. The fourth-order valence-corrected chi connectivity index (χ4v) is 6.90. The highest BCUT2D eigenvalue weighted by Crippen LogP contribution is 2.19. The van der Waals surface area contributed by atoms with E-state index in [1.54, 1.807) is 50.4 Å². The Kier molecular flexibility index (Phi) is 21.7. The van der Waals surface area contributed by atoms with Crippen LogP contribution in [0.2, 0.25) is 0 Å². The van der Waals surface area contributed by atoms with Crippen molar-refractivity contribution >= 4 is 70.2 Å². The van der Waals surface area contributed by atoms with E-state index < -0.39 is 102 Å². The molecule has 24 heteroatoms. The van der Waals surface area contributed by atoms with E-state index >= 15 is 0 Å². The Morgan fingerprint density at radius 2 is 1.29 bits per heavy atom. The summed E-state index contributed by atoms with van der Waals surface area (Å²) in [5, 5.41) is 29.0. The van der Waals surface area contributed by atoms with Gasteiger partial charge in [0.05, 0.1) is 12.5 Å². The van der Waals surface area contributed by atoms with Crippen LogP contribution in [-0.2, 0) is 51.2 Å². The first-order valence-electron chi connectivity index (χ1n) is 21.8. The molecule has 0 aliphatic heterocycles. The molecular weight excluding hydrogens is 885 g/mol. The predicted molar refractivity (Wildman–Crippen MR) is 250 cm³/mol. The molecule has 0 radical (unpaired) electrons. The van der Waals surface area contributed by atoms with E-state index in [4.69, 9.17) is 17.2 Å². The second-order valence-electron chi connectivity index (χ2n) is 16.4. The summed E-state index contributed by atoms with van der Waals surface area (Å²) in [6.45, 7) is 6.12. The zero-order chi connectivity index (χ0) is 50.5. The molecule has 68 heavy (non-hydrogen) atoms. The Morgan fingerprint density at radius 1 is 0.676 bits per heavy atom. The van der Waals surface area contributed by atoms with Crippen LogP contribution in [0.1, 0.15) is 64.5 Å². The molecule has 3 rings (SSSR count). The third-order valence-corrected chi connectivity index (χ3v) is 10.3. The van der Waals surface area contributed by atoms with E-state index in [0.717, 1.165) is 23.4 Å². The van der Waals surface area contributed by atoms with Gasteiger partial charge in [-0.1, -0.05) is 62.4 Å². The first-order valence-corrected chi connectivity index (χ1v) is 21.8. The minimum atomic E-state index is -1.70. The number of aliphatic hydroxyl groups is 1. The number of carbonyl (C=O) groups excluding carboxylic acids is 9. The number of rotatable bonds is 25. The molecule has 0 unspecified atom stereocenters. The number of aromatic amines is 1. The van der Waals surface area contributed by atoms with E-state index in [2.05, 4.69) is 58.0 Å². The Morgan fingerprint density at radius 3 is 1.91 bits per heavy atom. The maximum Gasteiger partial charge on any atom is 0.334 e. The number of guanidine groups is 1. The van der Waals surface area contributed by atoms with Gasteiger partial charge in [0.1, 0.15) is 36.3 Å². The third kappa shape index (κ3) is 18.3. The van der Waals surface area contributed by atoms with Gasteiger partial charge in [-0.2, -0.15) is 0 Å². The fourth-order valence-electron chi connectivity index (χ4n) is 6.90. The average molecular weight is 949 g/mol. The first kappa shape index (κ1) is 54.6. The number of nitrogens with two attached hydrogens (primary N) is 3. The normalized spacial score (nSPS) is 14.4. The lowest BCUT2D eigenvalue weighted by molar-refractivity contribution is -0.136. The molecule has 24 nitrogen and oxygen atoms in total. The number of hydrazine groups is 1. The van der Waals surface area contributed by atoms with Crippen molar-refractivity contribution in [3.05, 3.63) is 71.9 Å². The van der Waals surface area contributed by atoms with Gasteiger partial charge in [-0.3, -0.25) is 48.8 Å². The zero-order valence-corrected chi connectivity index (χ0v) is 38.6. The first-order chi connectivity index (χ1) is 32.2. The third-order valence-electron chi connectivity index (χ3n) is 10.3.